The number of hydrogen-bond acceptors (Lipinski definition) is 6. The Morgan fingerprint density at radius 3 is 0.513 bits per heavy atom. The zero-order valence-electron chi connectivity index (χ0n) is 20.6. The first-order valence-electron chi connectivity index (χ1n) is 11.4. The summed E-state index contributed by atoms with van der Waals surface area (Å²) < 4.78 is 0. The molecule has 39 heavy (non-hydrogen) atoms. The van der Waals surface area contributed by atoms with E-state index in [0.717, 1.165) is 34.2 Å². The van der Waals surface area contributed by atoms with E-state index in [1.165, 1.54) is 0 Å². The fraction of sp³-hybridized carbons (Fsp3) is 0. The molecule has 0 radical (unpaired) electrons. The molecule has 0 aromatic carbocycles. The molecule has 0 spiro atoms. The van der Waals surface area contributed by atoms with Crippen molar-refractivity contribution in [3.63, 3.8) is 0 Å². The quantitative estimate of drug-likeness (QED) is 0.277. The van der Waals surface area contributed by atoms with Gasteiger partial charge in [-0.25, -0.2) is 0 Å². The zero-order chi connectivity index (χ0) is 24.7. The van der Waals surface area contributed by atoms with Crippen LogP contribution in [0.1, 0.15) is 0 Å². The van der Waals surface area contributed by atoms with Gasteiger partial charge in [-0.15, -0.1) is 0 Å². The summed E-state index contributed by atoms with van der Waals surface area (Å²) in [6, 6.07) is 34.8. The maximum absolute atomic E-state index is 4.19. The molecule has 0 amide bonds. The van der Waals surface area contributed by atoms with E-state index in [-0.39, 0.29) is 41.9 Å². The van der Waals surface area contributed by atoms with Crippen molar-refractivity contribution >= 4 is 0 Å². The van der Waals surface area contributed by atoms with Crippen LogP contribution >= 0.6 is 0 Å². The molecule has 0 atom stereocenters. The van der Waals surface area contributed by atoms with Gasteiger partial charge in [0.15, 0.2) is 0 Å². The van der Waals surface area contributed by atoms with Gasteiger partial charge >= 0.3 is 17.1 Å². The molecule has 0 fully saturated rings. The first-order chi connectivity index (χ1) is 17.9. The molecule has 6 nitrogen and oxygen atoms in total. The van der Waals surface area contributed by atoms with E-state index in [0.29, 0.717) is 0 Å². The van der Waals surface area contributed by atoms with Crippen LogP contribution in [0.5, 0.6) is 0 Å². The van der Waals surface area contributed by atoms with Crippen molar-refractivity contribution in [1.29, 1.82) is 0 Å². The van der Waals surface area contributed by atoms with E-state index in [2.05, 4.69) is 29.9 Å². The number of nitrogens with zero attached hydrogens (tertiary/aromatic N) is 6. The topological polar surface area (TPSA) is 77.3 Å². The Hall–Kier alpha value is -4.00. The summed E-state index contributed by atoms with van der Waals surface area (Å²) in [5.74, 6) is 0. The summed E-state index contributed by atoms with van der Waals surface area (Å²) in [5, 5.41) is 0. The molecule has 6 heterocycles. The van der Waals surface area contributed by atoms with Crippen LogP contribution in [-0.4, -0.2) is 29.9 Å². The van der Waals surface area contributed by atoms with Gasteiger partial charge in [-0.2, -0.15) is 0 Å². The normalized spacial score (nSPS) is 8.92. The van der Waals surface area contributed by atoms with Crippen LogP contribution in [0.25, 0.3) is 34.2 Å². The summed E-state index contributed by atoms with van der Waals surface area (Å²) in [5.41, 5.74) is 5.49. The van der Waals surface area contributed by atoms with E-state index in [4.69, 9.17) is 0 Å². The second-order valence-corrected chi connectivity index (χ2v) is 7.29. The van der Waals surface area contributed by atoms with Crippen molar-refractivity contribution in [2.24, 2.45) is 0 Å². The molecule has 0 unspecified atom stereocenters. The van der Waals surface area contributed by atoms with Crippen LogP contribution < -0.4 is 24.8 Å². The molecule has 9 heteroatoms. The molecule has 6 rings (SSSR count). The Morgan fingerprint density at radius 1 is 0.256 bits per heavy atom. The van der Waals surface area contributed by atoms with E-state index in [1.807, 2.05) is 109 Å². The van der Waals surface area contributed by atoms with Crippen molar-refractivity contribution in [1.82, 2.24) is 29.9 Å². The summed E-state index contributed by atoms with van der Waals surface area (Å²) in [7, 11) is 0. The number of halogens is 2. The van der Waals surface area contributed by atoms with Crippen LogP contribution in [0.2, 0.25) is 0 Å². The number of rotatable bonds is 3. The second-order valence-electron chi connectivity index (χ2n) is 7.29. The van der Waals surface area contributed by atoms with Gasteiger partial charge in [0, 0.05) is 37.2 Å². The van der Waals surface area contributed by atoms with E-state index >= 15 is 0 Å². The third kappa shape index (κ3) is 11.1. The summed E-state index contributed by atoms with van der Waals surface area (Å²) in [4.78, 5) is 25.1. The smallest absolute Gasteiger partial charge is 1.00 e. The molecule has 6 aromatic heterocycles. The van der Waals surface area contributed by atoms with Crippen molar-refractivity contribution in [3.05, 3.63) is 146 Å². The van der Waals surface area contributed by atoms with E-state index in [1.54, 1.807) is 37.2 Å². The third-order valence-electron chi connectivity index (χ3n) is 4.78. The Bertz CT molecular complexity index is 1110. The average molecular weight is 595 g/mol. The minimum Gasteiger partial charge on any atom is -1.00 e. The summed E-state index contributed by atoms with van der Waals surface area (Å²) in [6.07, 6.45) is 10.6. The predicted molar refractivity (Wildman–Crippen MR) is 142 cm³/mol. The Balaban J connectivity index is 0.000000282. The van der Waals surface area contributed by atoms with Crippen molar-refractivity contribution in [2.75, 3.05) is 0 Å². The number of pyridine rings is 6. The van der Waals surface area contributed by atoms with Gasteiger partial charge in [-0.3, -0.25) is 29.9 Å². The molecule has 0 aliphatic heterocycles. The maximum atomic E-state index is 4.19. The van der Waals surface area contributed by atoms with Crippen LogP contribution in [-0.2, 0) is 17.1 Å². The van der Waals surface area contributed by atoms with Crippen LogP contribution in [0.15, 0.2) is 146 Å². The standard InChI is InChI=1S/3C10H8N2.2ClH.Fe/c3*1-3-7-11-9(5-1)10-6-2-4-8-12-10;;;/h3*1-8H;2*1H;/q;;;;;+2/p-2. The molecule has 196 valence electrons. The predicted octanol–water partition coefficient (Wildman–Crippen LogP) is 0.436. The molecular formula is C30H24Cl2FeN6. The minimum atomic E-state index is 0. The Morgan fingerprint density at radius 2 is 0.410 bits per heavy atom. The Labute approximate surface area is 251 Å². The van der Waals surface area contributed by atoms with Gasteiger partial charge in [0.1, 0.15) is 0 Å². The monoisotopic (exact) mass is 594 g/mol. The first-order valence-corrected chi connectivity index (χ1v) is 11.4. The molecule has 0 aliphatic rings. The maximum Gasteiger partial charge on any atom is 2.00 e. The second kappa shape index (κ2) is 19.1. The summed E-state index contributed by atoms with van der Waals surface area (Å²) in [6.45, 7) is 0. The molecule has 6 aromatic rings. The van der Waals surface area contributed by atoms with Gasteiger partial charge in [0.25, 0.3) is 0 Å². The van der Waals surface area contributed by atoms with Gasteiger partial charge in [-0.1, -0.05) is 36.4 Å². The fourth-order valence-electron chi connectivity index (χ4n) is 3.09. The van der Waals surface area contributed by atoms with Gasteiger partial charge in [0.2, 0.25) is 0 Å². The largest absolute Gasteiger partial charge is 2.00 e. The SMILES string of the molecule is [Cl-].[Cl-].[Fe+2].c1ccc(-c2ccccn2)nc1.c1ccc(-c2ccccn2)nc1.c1ccc(-c2ccccn2)nc1. The van der Waals surface area contributed by atoms with Gasteiger partial charge in [0.05, 0.1) is 34.2 Å². The minimum absolute atomic E-state index is 0. The fourth-order valence-corrected chi connectivity index (χ4v) is 3.09. The van der Waals surface area contributed by atoms with Gasteiger partial charge < -0.3 is 24.8 Å². The van der Waals surface area contributed by atoms with Gasteiger partial charge in [-0.05, 0) is 72.8 Å². The number of hydrogen-bond donors (Lipinski definition) is 0. The molecule has 0 aliphatic carbocycles. The molecule has 0 N–H and O–H groups in total. The first kappa shape index (κ1) is 33.0. The van der Waals surface area contributed by atoms with Crippen LogP contribution in [0.3, 0.4) is 0 Å². The van der Waals surface area contributed by atoms with Crippen molar-refractivity contribution in [2.45, 2.75) is 0 Å². The third-order valence-corrected chi connectivity index (χ3v) is 4.78. The van der Waals surface area contributed by atoms with Crippen LogP contribution in [0.4, 0.5) is 0 Å². The summed E-state index contributed by atoms with van der Waals surface area (Å²) >= 11 is 0. The van der Waals surface area contributed by atoms with Crippen molar-refractivity contribution < 1.29 is 41.9 Å². The molecule has 0 saturated carbocycles. The van der Waals surface area contributed by atoms with Crippen LogP contribution in [0, 0.1) is 0 Å². The van der Waals surface area contributed by atoms with E-state index in [9.17, 15) is 0 Å². The molecule has 0 bridgehead atoms. The number of aromatic nitrogens is 6. The van der Waals surface area contributed by atoms with E-state index < -0.39 is 0 Å². The average Bonchev–Trinajstić information content (AvgIpc) is 3.01. The zero-order valence-corrected chi connectivity index (χ0v) is 23.3. The Kier molecular flexibility index (Phi) is 16.2. The molecular weight excluding hydrogens is 571 g/mol. The van der Waals surface area contributed by atoms with Crippen molar-refractivity contribution in [3.8, 4) is 34.2 Å². The molecule has 0 saturated heterocycles.